The van der Waals surface area contributed by atoms with Gasteiger partial charge in [0, 0.05) is 11.1 Å². The molecule has 1 aromatic carbocycles. The molecule has 2 rings (SSSR count). The third kappa shape index (κ3) is 5.24. The van der Waals surface area contributed by atoms with Crippen molar-refractivity contribution < 1.29 is 13.2 Å². The van der Waals surface area contributed by atoms with Crippen LogP contribution >= 0.6 is 23.2 Å². The number of nitrogens with one attached hydrogen (secondary N) is 1. The summed E-state index contributed by atoms with van der Waals surface area (Å²) < 4.78 is 25.2. The zero-order valence-corrected chi connectivity index (χ0v) is 16.0. The molecule has 1 aliphatic heterocycles. The van der Waals surface area contributed by atoms with Crippen molar-refractivity contribution in [1.82, 2.24) is 10.2 Å². The van der Waals surface area contributed by atoms with Gasteiger partial charge in [0.25, 0.3) is 0 Å². The average Bonchev–Trinajstić information content (AvgIpc) is 2.49. The maximum atomic E-state index is 12.3. The number of carbonyl (C=O) groups excluding carboxylic acids is 1. The van der Waals surface area contributed by atoms with E-state index in [2.05, 4.69) is 10.2 Å². The topological polar surface area (TPSA) is 69.7 Å². The molecule has 134 valence electrons. The fourth-order valence-corrected chi connectivity index (χ4v) is 3.91. The fourth-order valence-electron chi connectivity index (χ4n) is 2.61. The molecule has 24 heavy (non-hydrogen) atoms. The van der Waals surface area contributed by atoms with Crippen LogP contribution in [0.5, 0.6) is 0 Å². The predicted molar refractivity (Wildman–Crippen MR) is 97.3 cm³/mol. The predicted octanol–water partition coefficient (Wildman–Crippen LogP) is 1.97. The molecule has 0 unspecified atom stereocenters. The van der Waals surface area contributed by atoms with Crippen LogP contribution in [0.2, 0.25) is 10.0 Å². The molecule has 0 aliphatic carbocycles. The monoisotopic (exact) mass is 393 g/mol. The Bertz CT molecular complexity index is 704. The Balaban J connectivity index is 2.12. The van der Waals surface area contributed by atoms with E-state index >= 15 is 0 Å². The Morgan fingerprint density at radius 1 is 1.33 bits per heavy atom. The molecule has 0 spiro atoms. The van der Waals surface area contributed by atoms with E-state index in [4.69, 9.17) is 23.2 Å². The Morgan fingerprint density at radius 3 is 2.54 bits per heavy atom. The van der Waals surface area contributed by atoms with Crippen molar-refractivity contribution in [2.75, 3.05) is 37.2 Å². The van der Waals surface area contributed by atoms with Crippen LogP contribution in [-0.2, 0) is 14.8 Å². The smallest absolute Gasteiger partial charge is 0.240 e. The number of piperidine rings is 1. The van der Waals surface area contributed by atoms with E-state index in [1.807, 2.05) is 7.05 Å². The van der Waals surface area contributed by atoms with Gasteiger partial charge >= 0.3 is 0 Å². The number of likely N-dealkylation sites (tertiary alicyclic amines) is 1. The van der Waals surface area contributed by atoms with Gasteiger partial charge in [0.1, 0.15) is 6.54 Å². The summed E-state index contributed by atoms with van der Waals surface area (Å²) in [6, 6.07) is 4.57. The Kier molecular flexibility index (Phi) is 6.36. The fraction of sp³-hybridized carbons (Fsp3) is 0.533. The summed E-state index contributed by atoms with van der Waals surface area (Å²) in [6.45, 7) is 1.48. The molecule has 1 heterocycles. The number of rotatable bonds is 5. The molecule has 1 aromatic rings. The lowest BCUT2D eigenvalue weighted by molar-refractivity contribution is -0.120. The number of halogens is 2. The lowest BCUT2D eigenvalue weighted by Gasteiger charge is -2.30. The van der Waals surface area contributed by atoms with Gasteiger partial charge < -0.3 is 10.2 Å². The molecule has 1 aliphatic rings. The standard InChI is InChI=1S/C15H21Cl2N3O3S/c1-19-7-5-12(6-8-19)18-15(21)10-20(24(2,22)23)14-9-11(16)3-4-13(14)17/h3-4,9,12H,5-8,10H2,1-2H3,(H,18,21). The first-order chi connectivity index (χ1) is 11.2. The minimum Gasteiger partial charge on any atom is -0.352 e. The second-order valence-electron chi connectivity index (χ2n) is 6.01. The molecule has 9 heteroatoms. The summed E-state index contributed by atoms with van der Waals surface area (Å²) in [7, 11) is -1.65. The minimum absolute atomic E-state index is 0.0601. The summed E-state index contributed by atoms with van der Waals surface area (Å²) >= 11 is 12.0. The van der Waals surface area contributed by atoms with E-state index in [-0.39, 0.29) is 29.2 Å². The van der Waals surface area contributed by atoms with Gasteiger partial charge in [-0.3, -0.25) is 9.10 Å². The quantitative estimate of drug-likeness (QED) is 0.829. The summed E-state index contributed by atoms with van der Waals surface area (Å²) in [6.07, 6.45) is 2.73. The number of nitrogens with zero attached hydrogens (tertiary/aromatic N) is 2. The summed E-state index contributed by atoms with van der Waals surface area (Å²) in [5.41, 5.74) is 0.199. The van der Waals surface area contributed by atoms with Crippen molar-refractivity contribution in [3.8, 4) is 0 Å². The van der Waals surface area contributed by atoms with Crippen LogP contribution < -0.4 is 9.62 Å². The third-order valence-electron chi connectivity index (χ3n) is 3.95. The van der Waals surface area contributed by atoms with Crippen LogP contribution in [0.15, 0.2) is 18.2 Å². The van der Waals surface area contributed by atoms with E-state index in [9.17, 15) is 13.2 Å². The first-order valence-corrected chi connectivity index (χ1v) is 10.2. The van der Waals surface area contributed by atoms with Crippen molar-refractivity contribution in [3.63, 3.8) is 0 Å². The normalized spacial score (nSPS) is 16.8. The molecule has 1 N–H and O–H groups in total. The Labute approximate surface area is 152 Å². The van der Waals surface area contributed by atoms with E-state index in [1.54, 1.807) is 6.07 Å². The van der Waals surface area contributed by atoms with Crippen LogP contribution in [0.1, 0.15) is 12.8 Å². The van der Waals surface area contributed by atoms with Crippen LogP contribution in [-0.4, -0.2) is 58.2 Å². The van der Waals surface area contributed by atoms with Gasteiger partial charge in [0.2, 0.25) is 15.9 Å². The van der Waals surface area contributed by atoms with Gasteiger partial charge in [-0.2, -0.15) is 0 Å². The Hall–Kier alpha value is -1.02. The third-order valence-corrected chi connectivity index (χ3v) is 5.63. The van der Waals surface area contributed by atoms with Crippen LogP contribution in [0, 0.1) is 0 Å². The zero-order chi connectivity index (χ0) is 17.9. The molecule has 1 saturated heterocycles. The van der Waals surface area contributed by atoms with Crippen LogP contribution in [0.4, 0.5) is 5.69 Å². The summed E-state index contributed by atoms with van der Waals surface area (Å²) in [5.74, 6) is -0.356. The average molecular weight is 394 g/mol. The van der Waals surface area contributed by atoms with Gasteiger partial charge in [0.05, 0.1) is 17.0 Å². The van der Waals surface area contributed by atoms with Gasteiger partial charge in [-0.15, -0.1) is 0 Å². The van der Waals surface area contributed by atoms with E-state index in [1.165, 1.54) is 12.1 Å². The number of benzene rings is 1. The largest absolute Gasteiger partial charge is 0.352 e. The van der Waals surface area contributed by atoms with Crippen LogP contribution in [0.3, 0.4) is 0 Å². The molecule has 1 fully saturated rings. The SMILES string of the molecule is CN1CCC(NC(=O)CN(c2cc(Cl)ccc2Cl)S(C)(=O)=O)CC1. The molecule has 0 radical (unpaired) electrons. The molecule has 0 aromatic heterocycles. The summed E-state index contributed by atoms with van der Waals surface area (Å²) in [5, 5.41) is 3.46. The minimum atomic E-state index is -3.68. The second kappa shape index (κ2) is 7.91. The Morgan fingerprint density at radius 2 is 1.96 bits per heavy atom. The number of hydrogen-bond donors (Lipinski definition) is 1. The van der Waals surface area contributed by atoms with Crippen molar-refractivity contribution >= 4 is 44.8 Å². The van der Waals surface area contributed by atoms with Gasteiger partial charge in [0.15, 0.2) is 0 Å². The molecular formula is C15H21Cl2N3O3S. The lowest BCUT2D eigenvalue weighted by atomic mass is 10.1. The first kappa shape index (κ1) is 19.3. The van der Waals surface area contributed by atoms with Crippen molar-refractivity contribution in [2.45, 2.75) is 18.9 Å². The first-order valence-electron chi connectivity index (χ1n) is 7.57. The van der Waals surface area contributed by atoms with Crippen molar-refractivity contribution in [3.05, 3.63) is 28.2 Å². The number of carbonyl (C=O) groups is 1. The molecular weight excluding hydrogens is 373 g/mol. The molecule has 0 atom stereocenters. The van der Waals surface area contributed by atoms with Crippen molar-refractivity contribution in [2.24, 2.45) is 0 Å². The number of hydrogen-bond acceptors (Lipinski definition) is 4. The molecule has 0 bridgehead atoms. The van der Waals surface area contributed by atoms with E-state index in [0.29, 0.717) is 5.02 Å². The number of sulfonamides is 1. The molecule has 6 nitrogen and oxygen atoms in total. The highest BCUT2D eigenvalue weighted by atomic mass is 35.5. The molecule has 1 amide bonds. The highest BCUT2D eigenvalue weighted by molar-refractivity contribution is 7.92. The zero-order valence-electron chi connectivity index (χ0n) is 13.6. The summed E-state index contributed by atoms with van der Waals surface area (Å²) in [4.78, 5) is 14.5. The highest BCUT2D eigenvalue weighted by Gasteiger charge is 2.25. The second-order valence-corrected chi connectivity index (χ2v) is 8.76. The highest BCUT2D eigenvalue weighted by Crippen LogP contribution is 2.30. The van der Waals surface area contributed by atoms with E-state index in [0.717, 1.165) is 36.5 Å². The molecule has 0 saturated carbocycles. The number of anilines is 1. The van der Waals surface area contributed by atoms with Gasteiger partial charge in [-0.05, 0) is 51.2 Å². The maximum Gasteiger partial charge on any atom is 0.240 e. The number of amides is 1. The van der Waals surface area contributed by atoms with Gasteiger partial charge in [-0.25, -0.2) is 8.42 Å². The van der Waals surface area contributed by atoms with Gasteiger partial charge in [-0.1, -0.05) is 23.2 Å². The van der Waals surface area contributed by atoms with Crippen molar-refractivity contribution in [1.29, 1.82) is 0 Å². The lowest BCUT2D eigenvalue weighted by Crippen LogP contribution is -2.47. The maximum absolute atomic E-state index is 12.3. The van der Waals surface area contributed by atoms with E-state index < -0.39 is 10.0 Å². The van der Waals surface area contributed by atoms with Crippen LogP contribution in [0.25, 0.3) is 0 Å².